The molecular weight excluding hydrogens is 312 g/mol. The molecule has 0 heterocycles. The molecule has 0 amide bonds. The van der Waals surface area contributed by atoms with E-state index in [1.807, 2.05) is 24.3 Å². The molecule has 0 radical (unpaired) electrons. The summed E-state index contributed by atoms with van der Waals surface area (Å²) in [6, 6.07) is 20.7. The van der Waals surface area contributed by atoms with Crippen LogP contribution in [0, 0.1) is 17.8 Å². The first kappa shape index (κ1) is 19.2. The van der Waals surface area contributed by atoms with E-state index < -0.39 is 5.92 Å². The number of aliphatic hydroxyl groups is 1. The molecule has 0 aliphatic carbocycles. The van der Waals surface area contributed by atoms with Gasteiger partial charge < -0.3 is 9.84 Å². The quantitative estimate of drug-likeness (QED) is 0.704. The molecule has 3 unspecified atom stereocenters. The van der Waals surface area contributed by atoms with E-state index in [9.17, 15) is 9.90 Å². The number of ether oxygens (including phenoxy) is 1. The van der Waals surface area contributed by atoms with Gasteiger partial charge in [-0.15, -0.1) is 0 Å². The maximum absolute atomic E-state index is 12.0. The third kappa shape index (κ3) is 5.71. The molecular formula is C22H28O3. The molecule has 0 aliphatic rings. The zero-order valence-electron chi connectivity index (χ0n) is 15.1. The second-order valence-corrected chi connectivity index (χ2v) is 6.65. The van der Waals surface area contributed by atoms with Crippen LogP contribution < -0.4 is 0 Å². The van der Waals surface area contributed by atoms with Crippen molar-refractivity contribution in [3.63, 3.8) is 0 Å². The van der Waals surface area contributed by atoms with Gasteiger partial charge in [0, 0.05) is 0 Å². The van der Waals surface area contributed by atoms with Gasteiger partial charge in [0.05, 0.1) is 19.6 Å². The van der Waals surface area contributed by atoms with Crippen molar-refractivity contribution in [3.05, 3.63) is 71.8 Å². The second-order valence-electron chi connectivity index (χ2n) is 6.65. The van der Waals surface area contributed by atoms with Gasteiger partial charge in [-0.25, -0.2) is 0 Å². The monoisotopic (exact) mass is 340 g/mol. The first-order valence-electron chi connectivity index (χ1n) is 8.92. The van der Waals surface area contributed by atoms with Gasteiger partial charge in [0.1, 0.15) is 0 Å². The standard InChI is InChI=1S/C22H28O3/c1-17(21(16-23)22(24)25-2)20(15-19-11-7-4-8-12-19)14-13-18-9-5-3-6-10-18/h3-12,17,20-21,23H,13-16H2,1-2H3. The van der Waals surface area contributed by atoms with Crippen LogP contribution >= 0.6 is 0 Å². The SMILES string of the molecule is COC(=O)C(CO)C(C)C(CCc1ccccc1)Cc1ccccc1. The highest BCUT2D eigenvalue weighted by Gasteiger charge is 2.31. The van der Waals surface area contributed by atoms with E-state index >= 15 is 0 Å². The lowest BCUT2D eigenvalue weighted by atomic mass is 9.77. The van der Waals surface area contributed by atoms with Crippen LogP contribution in [0.5, 0.6) is 0 Å². The Bertz CT molecular complexity index is 624. The second kappa shape index (κ2) is 10.00. The predicted octanol–water partition coefficient (Wildman–Crippen LogP) is 3.90. The topological polar surface area (TPSA) is 46.5 Å². The number of hydrogen-bond acceptors (Lipinski definition) is 3. The Hall–Kier alpha value is -2.13. The fraction of sp³-hybridized carbons (Fsp3) is 0.409. The van der Waals surface area contributed by atoms with E-state index in [0.717, 1.165) is 19.3 Å². The van der Waals surface area contributed by atoms with Gasteiger partial charge in [-0.1, -0.05) is 67.6 Å². The number of carbonyl (C=O) groups is 1. The van der Waals surface area contributed by atoms with Crippen molar-refractivity contribution in [2.24, 2.45) is 17.8 Å². The molecule has 3 atom stereocenters. The summed E-state index contributed by atoms with van der Waals surface area (Å²) >= 11 is 0. The lowest BCUT2D eigenvalue weighted by Crippen LogP contribution is -2.32. The number of aryl methyl sites for hydroxylation is 1. The zero-order chi connectivity index (χ0) is 18.1. The summed E-state index contributed by atoms with van der Waals surface area (Å²) in [6.45, 7) is 1.88. The Kier molecular flexibility index (Phi) is 7.68. The average molecular weight is 340 g/mol. The molecule has 0 spiro atoms. The summed E-state index contributed by atoms with van der Waals surface area (Å²) in [5, 5.41) is 9.70. The highest BCUT2D eigenvalue weighted by atomic mass is 16.5. The Morgan fingerprint density at radius 1 is 1.00 bits per heavy atom. The number of benzene rings is 2. The van der Waals surface area contributed by atoms with E-state index in [0.29, 0.717) is 5.92 Å². The molecule has 1 N–H and O–H groups in total. The molecule has 2 aromatic carbocycles. The molecule has 25 heavy (non-hydrogen) atoms. The van der Waals surface area contributed by atoms with Crippen molar-refractivity contribution in [2.75, 3.05) is 13.7 Å². The number of carbonyl (C=O) groups excluding carboxylic acids is 1. The average Bonchev–Trinajstić information content (AvgIpc) is 2.67. The van der Waals surface area contributed by atoms with Gasteiger partial charge in [-0.3, -0.25) is 4.79 Å². The highest BCUT2D eigenvalue weighted by molar-refractivity contribution is 5.72. The molecule has 0 fully saturated rings. The van der Waals surface area contributed by atoms with E-state index in [-0.39, 0.29) is 18.5 Å². The van der Waals surface area contributed by atoms with E-state index in [4.69, 9.17) is 4.74 Å². The Balaban J connectivity index is 2.13. The predicted molar refractivity (Wildman–Crippen MR) is 100 cm³/mol. The summed E-state index contributed by atoms with van der Waals surface area (Å²) < 4.78 is 4.89. The maximum Gasteiger partial charge on any atom is 0.311 e. The van der Waals surface area contributed by atoms with Crippen LogP contribution in [0.3, 0.4) is 0 Å². The summed E-state index contributed by atoms with van der Waals surface area (Å²) in [5.41, 5.74) is 2.56. The largest absolute Gasteiger partial charge is 0.469 e. The lowest BCUT2D eigenvalue weighted by Gasteiger charge is -2.29. The van der Waals surface area contributed by atoms with Crippen LogP contribution in [-0.4, -0.2) is 24.8 Å². The van der Waals surface area contributed by atoms with Crippen LogP contribution in [0.1, 0.15) is 24.5 Å². The van der Waals surface area contributed by atoms with Gasteiger partial charge in [0.15, 0.2) is 0 Å². The van der Waals surface area contributed by atoms with Crippen LogP contribution in [0.2, 0.25) is 0 Å². The molecule has 0 bridgehead atoms. The number of hydrogen-bond donors (Lipinski definition) is 1. The first-order chi connectivity index (χ1) is 12.2. The van der Waals surface area contributed by atoms with Crippen molar-refractivity contribution >= 4 is 5.97 Å². The van der Waals surface area contributed by atoms with Crippen molar-refractivity contribution < 1.29 is 14.6 Å². The highest BCUT2D eigenvalue weighted by Crippen LogP contribution is 2.29. The van der Waals surface area contributed by atoms with Crippen LogP contribution in [0.25, 0.3) is 0 Å². The number of methoxy groups -OCH3 is 1. The summed E-state index contributed by atoms with van der Waals surface area (Å²) in [4.78, 5) is 12.0. The van der Waals surface area contributed by atoms with Gasteiger partial charge >= 0.3 is 5.97 Å². The van der Waals surface area contributed by atoms with Gasteiger partial charge in [-0.2, -0.15) is 0 Å². The van der Waals surface area contributed by atoms with Crippen LogP contribution in [-0.2, 0) is 22.4 Å². The fourth-order valence-electron chi connectivity index (χ4n) is 3.40. The Labute approximate surface area is 150 Å². The maximum atomic E-state index is 12.0. The van der Waals surface area contributed by atoms with Gasteiger partial charge in [0.2, 0.25) is 0 Å². The number of aliphatic hydroxyl groups excluding tert-OH is 1. The molecule has 0 saturated heterocycles. The van der Waals surface area contributed by atoms with E-state index in [2.05, 4.69) is 43.3 Å². The van der Waals surface area contributed by atoms with Crippen molar-refractivity contribution in [1.82, 2.24) is 0 Å². The van der Waals surface area contributed by atoms with Crippen molar-refractivity contribution in [2.45, 2.75) is 26.2 Å². The van der Waals surface area contributed by atoms with Gasteiger partial charge in [-0.05, 0) is 42.2 Å². The molecule has 0 aliphatic heterocycles. The third-order valence-electron chi connectivity index (χ3n) is 5.07. The lowest BCUT2D eigenvalue weighted by molar-refractivity contribution is -0.149. The first-order valence-corrected chi connectivity index (χ1v) is 8.92. The minimum Gasteiger partial charge on any atom is -0.469 e. The van der Waals surface area contributed by atoms with Crippen LogP contribution in [0.4, 0.5) is 0 Å². The smallest absolute Gasteiger partial charge is 0.311 e. The Morgan fingerprint density at radius 2 is 1.56 bits per heavy atom. The van der Waals surface area contributed by atoms with E-state index in [1.54, 1.807) is 0 Å². The van der Waals surface area contributed by atoms with Gasteiger partial charge in [0.25, 0.3) is 0 Å². The minimum atomic E-state index is -0.477. The molecule has 0 aromatic heterocycles. The summed E-state index contributed by atoms with van der Waals surface area (Å²) in [5.74, 6) is -0.470. The van der Waals surface area contributed by atoms with Crippen LogP contribution in [0.15, 0.2) is 60.7 Å². The number of esters is 1. The minimum absolute atomic E-state index is 0.0429. The molecule has 0 saturated carbocycles. The van der Waals surface area contributed by atoms with E-state index in [1.165, 1.54) is 18.2 Å². The molecule has 2 aromatic rings. The normalized spacial score (nSPS) is 14.5. The Morgan fingerprint density at radius 3 is 2.08 bits per heavy atom. The molecule has 3 nitrogen and oxygen atoms in total. The summed E-state index contributed by atoms with van der Waals surface area (Å²) in [6.07, 6.45) is 2.82. The fourth-order valence-corrected chi connectivity index (χ4v) is 3.40. The zero-order valence-corrected chi connectivity index (χ0v) is 15.1. The summed E-state index contributed by atoms with van der Waals surface area (Å²) in [7, 11) is 1.38. The number of rotatable bonds is 9. The molecule has 3 heteroatoms. The molecule has 134 valence electrons. The van der Waals surface area contributed by atoms with Crippen molar-refractivity contribution in [1.29, 1.82) is 0 Å². The third-order valence-corrected chi connectivity index (χ3v) is 5.07. The molecule has 2 rings (SSSR count). The van der Waals surface area contributed by atoms with Crippen molar-refractivity contribution in [3.8, 4) is 0 Å².